The van der Waals surface area contributed by atoms with Gasteiger partial charge in [-0.15, -0.1) is 0 Å². The van der Waals surface area contributed by atoms with Crippen LogP contribution in [0.25, 0.3) is 0 Å². The molecule has 8 heteroatoms. The lowest BCUT2D eigenvalue weighted by Crippen LogP contribution is -2.15. The number of carbonyl (C=O) groups is 2. The first kappa shape index (κ1) is 18.4. The molecule has 8 nitrogen and oxygen atoms in total. The summed E-state index contributed by atoms with van der Waals surface area (Å²) in [6.07, 6.45) is 0. The molecule has 0 unspecified atom stereocenters. The standard InChI is InChI=1S/C21H18N4O4/c1-12(26)14-3-5-15(6-4-14)25-21(27)17-10-20(23-13(2)22-17)24-16-7-8-18-19(9-16)29-11-28-18/h3-10H,11H2,1-2H3,(H,25,27)(H,22,23,24). The molecular weight excluding hydrogens is 372 g/mol. The van der Waals surface area contributed by atoms with E-state index in [0.717, 1.165) is 5.69 Å². The van der Waals surface area contributed by atoms with Crippen LogP contribution in [0.15, 0.2) is 48.5 Å². The van der Waals surface area contributed by atoms with Gasteiger partial charge in [0.2, 0.25) is 6.79 Å². The highest BCUT2D eigenvalue weighted by Gasteiger charge is 2.15. The Morgan fingerprint density at radius 3 is 2.41 bits per heavy atom. The third-order valence-electron chi connectivity index (χ3n) is 4.26. The van der Waals surface area contributed by atoms with Gasteiger partial charge in [0.25, 0.3) is 5.91 Å². The van der Waals surface area contributed by atoms with Crippen LogP contribution in [0.1, 0.15) is 33.6 Å². The van der Waals surface area contributed by atoms with Crippen LogP contribution in [-0.2, 0) is 0 Å². The van der Waals surface area contributed by atoms with Crippen molar-refractivity contribution >= 4 is 28.9 Å². The van der Waals surface area contributed by atoms with E-state index in [2.05, 4.69) is 20.6 Å². The van der Waals surface area contributed by atoms with Gasteiger partial charge in [0, 0.05) is 29.1 Å². The highest BCUT2D eigenvalue weighted by Crippen LogP contribution is 2.35. The van der Waals surface area contributed by atoms with E-state index in [0.29, 0.717) is 34.4 Å². The van der Waals surface area contributed by atoms with Crippen molar-refractivity contribution in [1.29, 1.82) is 0 Å². The first-order valence-corrected chi connectivity index (χ1v) is 8.93. The van der Waals surface area contributed by atoms with E-state index < -0.39 is 0 Å². The monoisotopic (exact) mass is 390 g/mol. The summed E-state index contributed by atoms with van der Waals surface area (Å²) in [6, 6.07) is 13.7. The Bertz CT molecular complexity index is 1100. The lowest BCUT2D eigenvalue weighted by Gasteiger charge is -2.10. The number of rotatable bonds is 5. The molecule has 2 heterocycles. The minimum Gasteiger partial charge on any atom is -0.454 e. The third-order valence-corrected chi connectivity index (χ3v) is 4.26. The van der Waals surface area contributed by atoms with Crippen LogP contribution in [0.5, 0.6) is 11.5 Å². The van der Waals surface area contributed by atoms with Crippen molar-refractivity contribution in [2.24, 2.45) is 0 Å². The quantitative estimate of drug-likeness (QED) is 0.640. The average molecular weight is 390 g/mol. The molecule has 1 aromatic heterocycles. The molecule has 0 radical (unpaired) electrons. The molecule has 1 aliphatic rings. The summed E-state index contributed by atoms with van der Waals surface area (Å²) < 4.78 is 10.7. The number of hydrogen-bond donors (Lipinski definition) is 2. The zero-order valence-electron chi connectivity index (χ0n) is 15.9. The Kier molecular flexibility index (Phi) is 4.82. The lowest BCUT2D eigenvalue weighted by atomic mass is 10.1. The minimum atomic E-state index is -0.375. The van der Waals surface area contributed by atoms with Gasteiger partial charge in [-0.3, -0.25) is 9.59 Å². The van der Waals surface area contributed by atoms with Gasteiger partial charge in [-0.1, -0.05) is 0 Å². The molecule has 0 atom stereocenters. The fraction of sp³-hybridized carbons (Fsp3) is 0.143. The largest absolute Gasteiger partial charge is 0.454 e. The molecule has 146 valence electrons. The Balaban J connectivity index is 1.51. The fourth-order valence-corrected chi connectivity index (χ4v) is 2.85. The zero-order chi connectivity index (χ0) is 20.4. The summed E-state index contributed by atoms with van der Waals surface area (Å²) in [5.74, 6) is 1.85. The molecule has 1 aliphatic heterocycles. The first-order chi connectivity index (χ1) is 14.0. The van der Waals surface area contributed by atoms with Gasteiger partial charge >= 0.3 is 0 Å². The van der Waals surface area contributed by atoms with Gasteiger partial charge < -0.3 is 20.1 Å². The molecule has 4 rings (SSSR count). The zero-order valence-corrected chi connectivity index (χ0v) is 15.9. The Hall–Kier alpha value is -3.94. The van der Waals surface area contributed by atoms with Crippen LogP contribution < -0.4 is 20.1 Å². The molecule has 29 heavy (non-hydrogen) atoms. The number of aromatic nitrogens is 2. The number of ketones is 1. The summed E-state index contributed by atoms with van der Waals surface area (Å²) >= 11 is 0. The van der Waals surface area contributed by atoms with E-state index in [1.54, 1.807) is 49.4 Å². The van der Waals surface area contributed by atoms with Crippen LogP contribution >= 0.6 is 0 Å². The van der Waals surface area contributed by atoms with Gasteiger partial charge in [-0.25, -0.2) is 9.97 Å². The summed E-state index contributed by atoms with van der Waals surface area (Å²) in [6.45, 7) is 3.40. The normalized spacial score (nSPS) is 11.8. The smallest absolute Gasteiger partial charge is 0.274 e. The molecule has 2 N–H and O–H groups in total. The number of anilines is 3. The van der Waals surface area contributed by atoms with Gasteiger partial charge in [0.15, 0.2) is 17.3 Å². The van der Waals surface area contributed by atoms with E-state index in [1.165, 1.54) is 6.92 Å². The lowest BCUT2D eigenvalue weighted by molar-refractivity contribution is 0.101. The van der Waals surface area contributed by atoms with Crippen LogP contribution in [0.2, 0.25) is 0 Å². The van der Waals surface area contributed by atoms with Crippen molar-refractivity contribution in [1.82, 2.24) is 9.97 Å². The van der Waals surface area contributed by atoms with Gasteiger partial charge in [-0.05, 0) is 50.2 Å². The van der Waals surface area contributed by atoms with Crippen molar-refractivity contribution in [3.63, 3.8) is 0 Å². The maximum atomic E-state index is 12.6. The molecule has 1 amide bonds. The number of hydrogen-bond acceptors (Lipinski definition) is 7. The van der Waals surface area contributed by atoms with E-state index in [9.17, 15) is 9.59 Å². The third kappa shape index (κ3) is 4.16. The van der Waals surface area contributed by atoms with E-state index in [1.807, 2.05) is 6.07 Å². The molecule has 0 spiro atoms. The highest BCUT2D eigenvalue weighted by molar-refractivity contribution is 6.03. The van der Waals surface area contributed by atoms with Crippen molar-refractivity contribution < 1.29 is 19.1 Å². The number of ether oxygens (including phenoxy) is 2. The number of carbonyl (C=O) groups excluding carboxylic acids is 2. The number of nitrogens with one attached hydrogen (secondary N) is 2. The van der Waals surface area contributed by atoms with E-state index >= 15 is 0 Å². The molecule has 0 aliphatic carbocycles. The molecule has 0 bridgehead atoms. The maximum absolute atomic E-state index is 12.6. The number of Topliss-reactive ketones (excluding diaryl/α,β-unsaturated/α-hetero) is 1. The van der Waals surface area contributed by atoms with Crippen molar-refractivity contribution in [2.45, 2.75) is 13.8 Å². The van der Waals surface area contributed by atoms with Gasteiger partial charge in [-0.2, -0.15) is 0 Å². The predicted molar refractivity (Wildman–Crippen MR) is 107 cm³/mol. The topological polar surface area (TPSA) is 102 Å². The fourth-order valence-electron chi connectivity index (χ4n) is 2.85. The SMILES string of the molecule is CC(=O)c1ccc(NC(=O)c2cc(Nc3ccc4c(c3)OCO4)nc(C)n2)cc1. The van der Waals surface area contributed by atoms with Crippen LogP contribution in [0, 0.1) is 6.92 Å². The number of fused-ring (bicyclic) bond motifs is 1. The second-order valence-electron chi connectivity index (χ2n) is 6.47. The Morgan fingerprint density at radius 1 is 0.931 bits per heavy atom. The summed E-state index contributed by atoms with van der Waals surface area (Å²) in [5.41, 5.74) is 2.12. The summed E-state index contributed by atoms with van der Waals surface area (Å²) in [4.78, 5) is 32.5. The number of aryl methyl sites for hydroxylation is 1. The van der Waals surface area contributed by atoms with Crippen molar-refractivity contribution in [2.75, 3.05) is 17.4 Å². The molecule has 0 saturated carbocycles. The van der Waals surface area contributed by atoms with Gasteiger partial charge in [0.1, 0.15) is 17.3 Å². The molecule has 3 aromatic rings. The second-order valence-corrected chi connectivity index (χ2v) is 6.47. The van der Waals surface area contributed by atoms with Crippen LogP contribution in [0.3, 0.4) is 0 Å². The highest BCUT2D eigenvalue weighted by atomic mass is 16.7. The van der Waals surface area contributed by atoms with Crippen LogP contribution in [0.4, 0.5) is 17.2 Å². The Morgan fingerprint density at radius 2 is 1.66 bits per heavy atom. The maximum Gasteiger partial charge on any atom is 0.274 e. The van der Waals surface area contributed by atoms with E-state index in [4.69, 9.17) is 9.47 Å². The van der Waals surface area contributed by atoms with Crippen molar-refractivity contribution in [3.05, 3.63) is 65.6 Å². The Labute approximate surface area is 166 Å². The summed E-state index contributed by atoms with van der Waals surface area (Å²) in [7, 11) is 0. The minimum absolute atomic E-state index is 0.0338. The second kappa shape index (κ2) is 7.59. The van der Waals surface area contributed by atoms with E-state index in [-0.39, 0.29) is 24.2 Å². The number of nitrogens with zero attached hydrogens (tertiary/aromatic N) is 2. The molecule has 0 saturated heterocycles. The predicted octanol–water partition coefficient (Wildman–Crippen LogP) is 3.71. The van der Waals surface area contributed by atoms with Gasteiger partial charge in [0.05, 0.1) is 0 Å². The molecule has 2 aromatic carbocycles. The number of benzene rings is 2. The summed E-state index contributed by atoms with van der Waals surface area (Å²) in [5, 5.41) is 5.92. The van der Waals surface area contributed by atoms with Crippen molar-refractivity contribution in [3.8, 4) is 11.5 Å². The first-order valence-electron chi connectivity index (χ1n) is 8.93. The molecule has 0 fully saturated rings. The number of amides is 1. The molecular formula is C21H18N4O4. The average Bonchev–Trinajstić information content (AvgIpc) is 3.16. The van der Waals surface area contributed by atoms with Crippen LogP contribution in [-0.4, -0.2) is 28.5 Å².